The van der Waals surface area contributed by atoms with Gasteiger partial charge >= 0.3 is 5.97 Å². The van der Waals surface area contributed by atoms with Gasteiger partial charge in [-0.3, -0.25) is 9.78 Å². The number of hydrogen-bond donors (Lipinski definition) is 2. The lowest BCUT2D eigenvalue weighted by atomic mass is 9.77. The minimum atomic E-state index is -1.44. The van der Waals surface area contributed by atoms with Gasteiger partial charge in [-0.2, -0.15) is 0 Å². The molecule has 0 aliphatic carbocycles. The molecule has 2 unspecified atom stereocenters. The molecule has 0 saturated heterocycles. The first-order chi connectivity index (χ1) is 14.9. The fourth-order valence-electron chi connectivity index (χ4n) is 3.70. The molecule has 164 valence electrons. The van der Waals surface area contributed by atoms with Crippen molar-refractivity contribution in [1.82, 2.24) is 14.5 Å². The summed E-state index contributed by atoms with van der Waals surface area (Å²) >= 11 is 6.38. The predicted molar refractivity (Wildman–Crippen MR) is 120 cm³/mol. The molecule has 0 saturated carbocycles. The summed E-state index contributed by atoms with van der Waals surface area (Å²) in [6, 6.07) is 11.0. The van der Waals surface area contributed by atoms with Gasteiger partial charge < -0.3 is 14.8 Å². The topological polar surface area (TPSA) is 88.2 Å². The minimum absolute atomic E-state index is 0.160. The molecule has 31 heavy (non-hydrogen) atoms. The van der Waals surface area contributed by atoms with E-state index < -0.39 is 17.5 Å². The highest BCUT2D eigenvalue weighted by Gasteiger charge is 2.43. The molecule has 2 heterocycles. The first-order valence-electron chi connectivity index (χ1n) is 10.4. The molecular weight excluding hydrogens is 414 g/mol. The molecule has 0 spiro atoms. The lowest BCUT2D eigenvalue weighted by Gasteiger charge is -2.31. The van der Waals surface area contributed by atoms with Crippen LogP contribution in [0.15, 0.2) is 55.0 Å². The van der Waals surface area contributed by atoms with E-state index >= 15 is 0 Å². The Kier molecular flexibility index (Phi) is 7.46. The summed E-state index contributed by atoms with van der Waals surface area (Å²) in [6.45, 7) is 4.09. The van der Waals surface area contributed by atoms with Crippen molar-refractivity contribution in [2.45, 2.75) is 52.2 Å². The number of carbonyl (C=O) groups is 1. The SMILES string of the molecule is CCCCc1ncc(C(O)C(C)(Cc2ccncc2)C(=O)O)n1Cc1ccccc1Cl. The normalized spacial score (nSPS) is 14.2. The van der Waals surface area contributed by atoms with E-state index in [1.54, 1.807) is 37.6 Å². The van der Waals surface area contributed by atoms with Crippen molar-refractivity contribution in [3.8, 4) is 0 Å². The average molecular weight is 442 g/mol. The standard InChI is InChI=1S/C24H28ClN3O3/c1-3-4-9-21-27-15-20(28(21)16-18-7-5-6-8-19(18)25)22(29)24(2,23(30)31)14-17-10-12-26-13-11-17/h5-8,10-13,15,22,29H,3-4,9,14,16H2,1-2H3,(H,30,31). The third-order valence-electron chi connectivity index (χ3n) is 5.70. The van der Waals surface area contributed by atoms with Gasteiger partial charge in [-0.25, -0.2) is 4.98 Å². The summed E-state index contributed by atoms with van der Waals surface area (Å²) in [7, 11) is 0. The molecule has 6 nitrogen and oxygen atoms in total. The zero-order chi connectivity index (χ0) is 22.4. The van der Waals surface area contributed by atoms with Gasteiger partial charge in [-0.1, -0.05) is 43.1 Å². The van der Waals surface area contributed by atoms with E-state index in [9.17, 15) is 15.0 Å². The maximum absolute atomic E-state index is 12.3. The predicted octanol–water partition coefficient (Wildman–Crippen LogP) is 4.69. The van der Waals surface area contributed by atoms with Crippen LogP contribution in [0.5, 0.6) is 0 Å². The van der Waals surface area contributed by atoms with Crippen LogP contribution in [0.4, 0.5) is 0 Å². The number of hydrogen-bond acceptors (Lipinski definition) is 4. The fourth-order valence-corrected chi connectivity index (χ4v) is 3.90. The Morgan fingerprint density at radius 2 is 1.94 bits per heavy atom. The zero-order valence-corrected chi connectivity index (χ0v) is 18.6. The Morgan fingerprint density at radius 1 is 1.23 bits per heavy atom. The second-order valence-corrected chi connectivity index (χ2v) is 8.44. The summed E-state index contributed by atoms with van der Waals surface area (Å²) in [5.41, 5.74) is 0.716. The van der Waals surface area contributed by atoms with E-state index in [0.29, 0.717) is 17.3 Å². The van der Waals surface area contributed by atoms with Crippen LogP contribution in [0.2, 0.25) is 5.02 Å². The number of nitrogens with zero attached hydrogens (tertiary/aromatic N) is 3. The number of pyridine rings is 1. The number of aliphatic carboxylic acids is 1. The molecule has 2 N–H and O–H groups in total. The van der Waals surface area contributed by atoms with Crippen LogP contribution in [-0.4, -0.2) is 30.7 Å². The average Bonchev–Trinajstić information content (AvgIpc) is 3.16. The van der Waals surface area contributed by atoms with Crippen molar-refractivity contribution in [1.29, 1.82) is 0 Å². The molecule has 0 aliphatic heterocycles. The Balaban J connectivity index is 2.01. The maximum Gasteiger partial charge on any atom is 0.312 e. The molecule has 7 heteroatoms. The fraction of sp³-hybridized carbons (Fsp3) is 0.375. The van der Waals surface area contributed by atoms with Crippen LogP contribution in [-0.2, 0) is 24.2 Å². The molecule has 0 amide bonds. The van der Waals surface area contributed by atoms with Crippen LogP contribution in [0.1, 0.15) is 55.4 Å². The van der Waals surface area contributed by atoms with Crippen molar-refractivity contribution in [2.75, 3.05) is 0 Å². The van der Waals surface area contributed by atoms with E-state index in [2.05, 4.69) is 16.9 Å². The molecule has 3 aromatic rings. The molecule has 0 radical (unpaired) electrons. The molecule has 2 aromatic heterocycles. The summed E-state index contributed by atoms with van der Waals surface area (Å²) in [5.74, 6) is -0.259. The molecule has 2 atom stereocenters. The van der Waals surface area contributed by atoms with Gasteiger partial charge in [0.25, 0.3) is 0 Å². The van der Waals surface area contributed by atoms with Crippen molar-refractivity contribution in [2.24, 2.45) is 5.41 Å². The summed E-state index contributed by atoms with van der Waals surface area (Å²) in [4.78, 5) is 20.8. The number of aromatic nitrogens is 3. The lowest BCUT2D eigenvalue weighted by molar-refractivity contribution is -0.155. The molecule has 1 aromatic carbocycles. The van der Waals surface area contributed by atoms with Crippen molar-refractivity contribution in [3.05, 3.63) is 82.7 Å². The Hall–Kier alpha value is -2.70. The van der Waals surface area contributed by atoms with E-state index in [0.717, 1.165) is 36.2 Å². The van der Waals surface area contributed by atoms with E-state index in [-0.39, 0.29) is 6.42 Å². The highest BCUT2D eigenvalue weighted by molar-refractivity contribution is 6.31. The largest absolute Gasteiger partial charge is 0.481 e. The quantitative estimate of drug-likeness (QED) is 0.476. The van der Waals surface area contributed by atoms with Gasteiger partial charge in [-0.15, -0.1) is 0 Å². The highest BCUT2D eigenvalue weighted by Crippen LogP contribution is 2.38. The summed E-state index contributed by atoms with van der Waals surface area (Å²) in [5, 5.41) is 22.0. The van der Waals surface area contributed by atoms with E-state index in [1.165, 1.54) is 0 Å². The zero-order valence-electron chi connectivity index (χ0n) is 17.8. The third-order valence-corrected chi connectivity index (χ3v) is 6.07. The monoisotopic (exact) mass is 441 g/mol. The Labute approximate surface area is 187 Å². The van der Waals surface area contributed by atoms with Crippen LogP contribution >= 0.6 is 11.6 Å². The molecule has 3 rings (SSSR count). The third kappa shape index (κ3) is 5.14. The van der Waals surface area contributed by atoms with Gasteiger partial charge in [0.2, 0.25) is 0 Å². The lowest BCUT2D eigenvalue weighted by Crippen LogP contribution is -2.37. The number of aryl methyl sites for hydroxylation is 1. The van der Waals surface area contributed by atoms with Crippen LogP contribution in [0, 0.1) is 5.41 Å². The first-order valence-corrected chi connectivity index (χ1v) is 10.8. The first kappa shape index (κ1) is 23.0. The maximum atomic E-state index is 12.3. The van der Waals surface area contributed by atoms with E-state index in [1.807, 2.05) is 28.8 Å². The van der Waals surface area contributed by atoms with Crippen molar-refractivity contribution < 1.29 is 15.0 Å². The van der Waals surface area contributed by atoms with Gasteiger partial charge in [0.05, 0.1) is 18.4 Å². The Morgan fingerprint density at radius 3 is 2.58 bits per heavy atom. The minimum Gasteiger partial charge on any atom is -0.481 e. The van der Waals surface area contributed by atoms with Crippen LogP contribution < -0.4 is 0 Å². The number of rotatable bonds is 10. The summed E-state index contributed by atoms with van der Waals surface area (Å²) < 4.78 is 1.91. The summed E-state index contributed by atoms with van der Waals surface area (Å²) in [6.07, 6.45) is 6.43. The second kappa shape index (κ2) is 10.1. The van der Waals surface area contributed by atoms with Gasteiger partial charge in [-0.05, 0) is 49.1 Å². The number of aliphatic hydroxyl groups excluding tert-OH is 1. The number of aliphatic hydroxyl groups is 1. The molecule has 0 fully saturated rings. The highest BCUT2D eigenvalue weighted by atomic mass is 35.5. The van der Waals surface area contributed by atoms with Crippen molar-refractivity contribution >= 4 is 17.6 Å². The second-order valence-electron chi connectivity index (χ2n) is 8.04. The van der Waals surface area contributed by atoms with Gasteiger partial charge in [0, 0.05) is 23.8 Å². The molecule has 0 aliphatic rings. The van der Waals surface area contributed by atoms with Gasteiger partial charge in [0.15, 0.2) is 0 Å². The number of carboxylic acid groups (broad SMARTS) is 1. The van der Waals surface area contributed by atoms with E-state index in [4.69, 9.17) is 11.6 Å². The number of carboxylic acids is 1. The molecular formula is C24H28ClN3O3. The van der Waals surface area contributed by atoms with Crippen molar-refractivity contribution in [3.63, 3.8) is 0 Å². The Bertz CT molecular complexity index is 1020. The molecule has 0 bridgehead atoms. The van der Waals surface area contributed by atoms with Gasteiger partial charge in [0.1, 0.15) is 17.3 Å². The number of halogens is 1. The van der Waals surface area contributed by atoms with Crippen LogP contribution in [0.3, 0.4) is 0 Å². The smallest absolute Gasteiger partial charge is 0.312 e. The van der Waals surface area contributed by atoms with Crippen LogP contribution in [0.25, 0.3) is 0 Å². The number of unbranched alkanes of at least 4 members (excludes halogenated alkanes) is 1. The number of imidazole rings is 1. The number of benzene rings is 1.